The van der Waals surface area contributed by atoms with E-state index >= 15 is 0 Å². The van der Waals surface area contributed by atoms with E-state index in [4.69, 9.17) is 26.3 Å². The Morgan fingerprint density at radius 2 is 2.03 bits per heavy atom. The molecule has 0 N–H and O–H groups in total. The van der Waals surface area contributed by atoms with E-state index in [-0.39, 0.29) is 18.2 Å². The van der Waals surface area contributed by atoms with Crippen LogP contribution in [0.4, 0.5) is 4.39 Å². The highest BCUT2D eigenvalue weighted by atomic mass is 35.5. The molecule has 2 heterocycles. The molecule has 1 fully saturated rings. The van der Waals surface area contributed by atoms with Gasteiger partial charge < -0.3 is 4.74 Å². The predicted octanol–water partition coefficient (Wildman–Crippen LogP) is 5.39. The molecule has 2 aromatic carbocycles. The van der Waals surface area contributed by atoms with Crippen LogP contribution in [0.1, 0.15) is 60.3 Å². The normalized spacial score (nSPS) is 17.4. The Kier molecular flexibility index (Phi) is 5.10. The summed E-state index contributed by atoms with van der Waals surface area (Å²) in [6, 6.07) is 11.7. The van der Waals surface area contributed by atoms with Crippen LogP contribution < -0.4 is 0 Å². The van der Waals surface area contributed by atoms with Crippen molar-refractivity contribution in [3.63, 3.8) is 0 Å². The third-order valence-electron chi connectivity index (χ3n) is 5.83. The predicted molar refractivity (Wildman–Crippen MR) is 117 cm³/mol. The smallest absolute Gasteiger partial charge is 0.305 e. The molecule has 0 amide bonds. The first-order valence-electron chi connectivity index (χ1n) is 10.3. The fourth-order valence-corrected chi connectivity index (χ4v) is 4.31. The van der Waals surface area contributed by atoms with Gasteiger partial charge in [0.05, 0.1) is 18.5 Å². The summed E-state index contributed by atoms with van der Waals surface area (Å²) in [6.45, 7) is 0. The van der Waals surface area contributed by atoms with Gasteiger partial charge in [-0.1, -0.05) is 23.7 Å². The fraction of sp³-hybridized carbons (Fsp3) is 0.292. The number of aliphatic imine (C=N–C) groups is 1. The molecule has 7 heteroatoms. The topological polar surface area (TPSA) is 56.5 Å². The molecule has 1 aliphatic carbocycles. The van der Waals surface area contributed by atoms with Crippen LogP contribution in [-0.2, 0) is 9.53 Å². The second-order valence-corrected chi connectivity index (χ2v) is 8.34. The lowest BCUT2D eigenvalue weighted by atomic mass is 9.99. The van der Waals surface area contributed by atoms with Gasteiger partial charge in [-0.15, -0.1) is 0 Å². The van der Waals surface area contributed by atoms with E-state index < -0.39 is 6.04 Å². The largest absolute Gasteiger partial charge is 0.469 e. The summed E-state index contributed by atoms with van der Waals surface area (Å²) in [7, 11) is 1.37. The van der Waals surface area contributed by atoms with Crippen molar-refractivity contribution in [1.29, 1.82) is 0 Å². The van der Waals surface area contributed by atoms with Gasteiger partial charge in [-0.05, 0) is 49.6 Å². The van der Waals surface area contributed by atoms with Gasteiger partial charge >= 0.3 is 5.97 Å². The molecule has 0 saturated heterocycles. The van der Waals surface area contributed by atoms with Crippen molar-refractivity contribution in [2.45, 2.75) is 37.6 Å². The Morgan fingerprint density at radius 3 is 2.77 bits per heavy atom. The molecule has 5 rings (SSSR count). The van der Waals surface area contributed by atoms with Crippen molar-refractivity contribution in [1.82, 2.24) is 9.55 Å². The quantitative estimate of drug-likeness (QED) is 0.503. The Hall–Kier alpha value is -2.99. The van der Waals surface area contributed by atoms with Crippen LogP contribution in [0.2, 0.25) is 5.02 Å². The molecule has 0 bridgehead atoms. The average molecular weight is 438 g/mol. The molecule has 1 aromatic heterocycles. The average Bonchev–Trinajstić information content (AvgIpc) is 3.55. The molecule has 1 aliphatic heterocycles. The molecule has 0 spiro atoms. The maximum Gasteiger partial charge on any atom is 0.305 e. The number of carbonyl (C=O) groups is 1. The van der Waals surface area contributed by atoms with Crippen molar-refractivity contribution in [3.05, 3.63) is 82.1 Å². The number of hydrogen-bond acceptors (Lipinski definition) is 4. The number of methoxy groups -OCH3 is 1. The van der Waals surface area contributed by atoms with Gasteiger partial charge in [-0.2, -0.15) is 0 Å². The van der Waals surface area contributed by atoms with E-state index in [1.54, 1.807) is 18.2 Å². The van der Waals surface area contributed by atoms with Gasteiger partial charge in [0.1, 0.15) is 17.7 Å². The minimum Gasteiger partial charge on any atom is -0.469 e. The van der Waals surface area contributed by atoms with Gasteiger partial charge in [0.15, 0.2) is 0 Å². The van der Waals surface area contributed by atoms with Crippen LogP contribution in [-0.4, -0.2) is 28.3 Å². The maximum absolute atomic E-state index is 14.9. The standard InChI is InChI=1S/C24H21ClFN3O2/c1-31-22(30)11-9-19-24-27-13-21(14-6-7-14)29(24)20-10-8-15(25)12-17(20)23(28-19)16-4-2-3-5-18(16)26/h2-5,8,10,12-14,19H,6-7,9,11H2,1H3/t19-/m0/s1. The number of esters is 1. The third-order valence-corrected chi connectivity index (χ3v) is 6.06. The van der Waals surface area contributed by atoms with Crippen LogP contribution >= 0.6 is 11.6 Å². The van der Waals surface area contributed by atoms with E-state index in [2.05, 4.69) is 4.57 Å². The number of halogens is 2. The Bertz CT molecular complexity index is 1200. The van der Waals surface area contributed by atoms with Crippen LogP contribution in [0.3, 0.4) is 0 Å². The molecule has 2 aliphatic rings. The number of benzene rings is 2. The lowest BCUT2D eigenvalue weighted by Gasteiger charge is -2.15. The zero-order valence-electron chi connectivity index (χ0n) is 17.0. The molecule has 0 unspecified atom stereocenters. The van der Waals surface area contributed by atoms with E-state index in [1.165, 1.54) is 13.2 Å². The second kappa shape index (κ2) is 7.93. The Labute approximate surface area is 184 Å². The lowest BCUT2D eigenvalue weighted by molar-refractivity contribution is -0.140. The molecule has 1 atom stereocenters. The summed E-state index contributed by atoms with van der Waals surface area (Å²) in [5.41, 5.74) is 3.65. The van der Waals surface area contributed by atoms with Crippen LogP contribution in [0.5, 0.6) is 0 Å². The number of rotatable bonds is 5. The first-order valence-corrected chi connectivity index (χ1v) is 10.7. The summed E-state index contributed by atoms with van der Waals surface area (Å²) in [5.74, 6) is 0.524. The molecule has 3 aromatic rings. The first kappa shape index (κ1) is 19.9. The maximum atomic E-state index is 14.9. The number of ether oxygens (including phenoxy) is 1. The highest BCUT2D eigenvalue weighted by Gasteiger charge is 2.34. The molecular formula is C24H21ClFN3O2. The SMILES string of the molecule is COC(=O)CC[C@@H]1N=C(c2ccccc2F)c2cc(Cl)ccc2-n2c(C3CC3)cnc21. The van der Waals surface area contributed by atoms with Gasteiger partial charge in [-0.25, -0.2) is 9.37 Å². The highest BCUT2D eigenvalue weighted by Crippen LogP contribution is 2.44. The van der Waals surface area contributed by atoms with E-state index in [0.717, 1.165) is 35.6 Å². The summed E-state index contributed by atoms with van der Waals surface area (Å²) in [6.07, 6.45) is 4.73. The van der Waals surface area contributed by atoms with E-state index in [0.29, 0.717) is 28.6 Å². The number of imidazole rings is 1. The van der Waals surface area contributed by atoms with Crippen molar-refractivity contribution in [2.75, 3.05) is 7.11 Å². The monoisotopic (exact) mass is 437 g/mol. The van der Waals surface area contributed by atoms with Crippen LogP contribution in [0, 0.1) is 5.82 Å². The van der Waals surface area contributed by atoms with Crippen molar-refractivity contribution in [3.8, 4) is 5.69 Å². The minimum atomic E-state index is -0.424. The highest BCUT2D eigenvalue weighted by molar-refractivity contribution is 6.31. The number of nitrogens with zero attached hydrogens (tertiary/aromatic N) is 3. The van der Waals surface area contributed by atoms with Gasteiger partial charge in [0.2, 0.25) is 0 Å². The van der Waals surface area contributed by atoms with Gasteiger partial charge in [0.25, 0.3) is 0 Å². The Balaban J connectivity index is 1.74. The zero-order valence-corrected chi connectivity index (χ0v) is 17.8. The van der Waals surface area contributed by atoms with Crippen LogP contribution in [0.15, 0.2) is 53.7 Å². The Morgan fingerprint density at radius 1 is 1.23 bits per heavy atom. The number of hydrogen-bond donors (Lipinski definition) is 0. The number of carbonyl (C=O) groups excluding carboxylic acids is 1. The lowest BCUT2D eigenvalue weighted by Crippen LogP contribution is -2.10. The summed E-state index contributed by atoms with van der Waals surface area (Å²) >= 11 is 6.36. The third kappa shape index (κ3) is 3.65. The molecular weight excluding hydrogens is 417 g/mol. The molecule has 5 nitrogen and oxygen atoms in total. The summed E-state index contributed by atoms with van der Waals surface area (Å²) in [4.78, 5) is 21.5. The molecule has 1 saturated carbocycles. The van der Waals surface area contributed by atoms with Crippen molar-refractivity contribution < 1.29 is 13.9 Å². The molecule has 31 heavy (non-hydrogen) atoms. The van der Waals surface area contributed by atoms with Crippen molar-refractivity contribution >= 4 is 23.3 Å². The van der Waals surface area contributed by atoms with E-state index in [1.807, 2.05) is 24.4 Å². The van der Waals surface area contributed by atoms with Gasteiger partial charge in [-0.3, -0.25) is 14.4 Å². The second-order valence-electron chi connectivity index (χ2n) is 7.90. The number of aromatic nitrogens is 2. The van der Waals surface area contributed by atoms with Gasteiger partial charge in [0, 0.05) is 40.4 Å². The van der Waals surface area contributed by atoms with Crippen LogP contribution in [0.25, 0.3) is 5.69 Å². The molecule has 0 radical (unpaired) electrons. The number of fused-ring (bicyclic) bond motifs is 3. The summed E-state index contributed by atoms with van der Waals surface area (Å²) < 4.78 is 21.8. The van der Waals surface area contributed by atoms with E-state index in [9.17, 15) is 9.18 Å². The first-order chi connectivity index (χ1) is 15.1. The molecule has 158 valence electrons. The fourth-order valence-electron chi connectivity index (χ4n) is 4.14. The minimum absolute atomic E-state index is 0.192. The zero-order chi connectivity index (χ0) is 21.5. The van der Waals surface area contributed by atoms with Crippen molar-refractivity contribution in [2.24, 2.45) is 4.99 Å². The summed E-state index contributed by atoms with van der Waals surface area (Å²) in [5, 5.41) is 0.547.